The van der Waals surface area contributed by atoms with Crippen molar-refractivity contribution in [3.8, 4) is 0 Å². The third-order valence-electron chi connectivity index (χ3n) is 4.53. The van der Waals surface area contributed by atoms with E-state index in [1.54, 1.807) is 5.43 Å². The second kappa shape index (κ2) is 23.4. The van der Waals surface area contributed by atoms with Crippen LogP contribution < -0.4 is 11.3 Å². The predicted octanol–water partition coefficient (Wildman–Crippen LogP) is 3.49. The summed E-state index contributed by atoms with van der Waals surface area (Å²) in [6, 6.07) is 0. The largest absolute Gasteiger partial charge is 0.400 e. The predicted molar refractivity (Wildman–Crippen MR) is 120 cm³/mol. The number of amides is 2. The van der Waals surface area contributed by atoms with Gasteiger partial charge in [-0.2, -0.15) is 0 Å². The zero-order chi connectivity index (χ0) is 23.9. The summed E-state index contributed by atoms with van der Waals surface area (Å²) >= 11 is 0. The molecule has 1 aliphatic carbocycles. The highest BCUT2D eigenvalue weighted by molar-refractivity contribution is 5.90. The van der Waals surface area contributed by atoms with Gasteiger partial charge in [0.05, 0.1) is 11.8 Å². The summed E-state index contributed by atoms with van der Waals surface area (Å²) in [5.74, 6) is 4.07. The average molecular weight is 433 g/mol. The Labute approximate surface area is 182 Å². The number of unbranched alkanes of at least 4 members (excludes halogenated alkanes) is 2. The molecule has 0 aliphatic heterocycles. The van der Waals surface area contributed by atoms with Gasteiger partial charge in [0.1, 0.15) is 0 Å². The van der Waals surface area contributed by atoms with E-state index in [2.05, 4.69) is 5.29 Å². The fourth-order valence-electron chi connectivity index (χ4n) is 3.13. The van der Waals surface area contributed by atoms with E-state index >= 15 is 0 Å². The molecule has 0 bridgehead atoms. The molecular formula is C21H44N4O5. The van der Waals surface area contributed by atoms with Gasteiger partial charge in [-0.15, -0.1) is 4.91 Å². The Kier molecular flexibility index (Phi) is 25.6. The third kappa shape index (κ3) is 15.0. The first-order valence-electron chi connectivity index (χ1n) is 11.1. The first-order valence-corrected chi connectivity index (χ1v) is 11.1. The lowest BCUT2D eigenvalue weighted by atomic mass is 9.95. The summed E-state index contributed by atoms with van der Waals surface area (Å²) in [5, 5.41) is 10.3. The molecule has 1 rings (SSSR count). The smallest absolute Gasteiger partial charge is 0.243 e. The highest BCUT2D eigenvalue weighted by atomic mass is 16.3. The first kappa shape index (κ1) is 32.8. The van der Waals surface area contributed by atoms with Crippen molar-refractivity contribution in [2.24, 2.45) is 23.0 Å². The van der Waals surface area contributed by atoms with Crippen molar-refractivity contribution in [3.05, 3.63) is 4.91 Å². The Morgan fingerprint density at radius 2 is 1.63 bits per heavy atom. The maximum absolute atomic E-state index is 12.5. The number of hydrogen-bond acceptors (Lipinski definition) is 7. The molecule has 30 heavy (non-hydrogen) atoms. The first-order chi connectivity index (χ1) is 14.5. The molecule has 2 amide bonds. The van der Waals surface area contributed by atoms with E-state index in [0.717, 1.165) is 57.1 Å². The monoisotopic (exact) mass is 432 g/mol. The minimum atomic E-state index is -0.639. The summed E-state index contributed by atoms with van der Waals surface area (Å²) in [4.78, 5) is 46.3. The van der Waals surface area contributed by atoms with E-state index in [0.29, 0.717) is 6.42 Å². The van der Waals surface area contributed by atoms with Crippen LogP contribution >= 0.6 is 0 Å². The van der Waals surface area contributed by atoms with Crippen LogP contribution in [0, 0.1) is 16.7 Å². The molecule has 1 atom stereocenters. The lowest BCUT2D eigenvalue weighted by Gasteiger charge is -2.23. The number of nitrogens with zero attached hydrogens (tertiary/aromatic N) is 2. The highest BCUT2D eigenvalue weighted by Crippen LogP contribution is 2.25. The Hall–Kier alpha value is -1.87. The molecule has 0 aromatic carbocycles. The lowest BCUT2D eigenvalue weighted by Crippen LogP contribution is -2.46. The fourth-order valence-corrected chi connectivity index (χ4v) is 3.13. The number of hydrogen-bond donors (Lipinski definition) is 3. The fraction of sp³-hybridized carbons (Fsp3) is 0.857. The number of carbonyl (C=O) groups is 3. The normalized spacial score (nSPS) is 13.2. The number of nitroso groups, excluding NO2 is 1. The molecular weight excluding hydrogens is 388 g/mol. The van der Waals surface area contributed by atoms with Crippen LogP contribution in [0.3, 0.4) is 0 Å². The minimum absolute atomic E-state index is 0.00930. The highest BCUT2D eigenvalue weighted by Gasteiger charge is 2.29. The van der Waals surface area contributed by atoms with Gasteiger partial charge in [-0.3, -0.25) is 19.4 Å². The standard InChI is InChI=1S/C16H28N4O4.2C2H6.CH4O/c1-2-3-4-9-13(10-15(22)18-19-24)16(23)20(17)11-14(21)12-7-5-6-8-12;3*1-2/h12-13H,2-11,17H2,1H3,(H,18,22,24);2*1-2H3;2H,1H3/t13-;;;/m0.../s1. The van der Waals surface area contributed by atoms with Gasteiger partial charge >= 0.3 is 0 Å². The van der Waals surface area contributed by atoms with Gasteiger partial charge < -0.3 is 5.11 Å². The molecule has 0 heterocycles. The Bertz CT molecular complexity index is 455. The molecule has 1 saturated carbocycles. The number of nitrogens with two attached hydrogens (primary N) is 1. The lowest BCUT2D eigenvalue weighted by molar-refractivity contribution is -0.142. The Morgan fingerprint density at radius 1 is 1.10 bits per heavy atom. The molecule has 4 N–H and O–H groups in total. The van der Waals surface area contributed by atoms with Crippen LogP contribution in [0.1, 0.15) is 92.4 Å². The van der Waals surface area contributed by atoms with Crippen LogP contribution in [0.2, 0.25) is 0 Å². The number of aliphatic hydroxyl groups is 1. The van der Waals surface area contributed by atoms with E-state index in [4.69, 9.17) is 10.9 Å². The molecule has 1 aliphatic rings. The van der Waals surface area contributed by atoms with Crippen LogP contribution in [0.4, 0.5) is 0 Å². The Morgan fingerprint density at radius 3 is 2.10 bits per heavy atom. The van der Waals surface area contributed by atoms with Crippen LogP contribution in [-0.4, -0.2) is 41.4 Å². The van der Waals surface area contributed by atoms with Gasteiger partial charge in [0, 0.05) is 25.4 Å². The molecule has 9 nitrogen and oxygen atoms in total. The minimum Gasteiger partial charge on any atom is -0.400 e. The van der Waals surface area contributed by atoms with Crippen LogP contribution in [0.25, 0.3) is 0 Å². The number of Topliss-reactive ketones (excluding diaryl/α,β-unsaturated/α-hetero) is 1. The molecule has 0 aromatic rings. The quantitative estimate of drug-likeness (QED) is 0.150. The zero-order valence-corrected chi connectivity index (χ0v) is 19.8. The van der Waals surface area contributed by atoms with E-state index in [1.807, 2.05) is 34.6 Å². The topological polar surface area (TPSA) is 142 Å². The van der Waals surface area contributed by atoms with Crippen LogP contribution in [0.15, 0.2) is 5.29 Å². The third-order valence-corrected chi connectivity index (χ3v) is 4.53. The van der Waals surface area contributed by atoms with Crippen molar-refractivity contribution in [2.75, 3.05) is 13.7 Å². The zero-order valence-electron chi connectivity index (χ0n) is 19.8. The molecule has 0 saturated heterocycles. The number of ketones is 1. The number of aliphatic hydroxyl groups excluding tert-OH is 1. The van der Waals surface area contributed by atoms with Crippen molar-refractivity contribution < 1.29 is 19.5 Å². The molecule has 0 spiro atoms. The number of carbonyl (C=O) groups excluding carboxylic acids is 3. The molecule has 0 aromatic heterocycles. The van der Waals surface area contributed by atoms with E-state index in [1.165, 1.54) is 0 Å². The molecule has 178 valence electrons. The number of hydrazine groups is 1. The summed E-state index contributed by atoms with van der Waals surface area (Å²) in [6.07, 6.45) is 6.81. The summed E-state index contributed by atoms with van der Waals surface area (Å²) in [7, 11) is 1.00. The van der Waals surface area contributed by atoms with E-state index in [9.17, 15) is 19.3 Å². The molecule has 1 fully saturated rings. The maximum atomic E-state index is 12.5. The van der Waals surface area contributed by atoms with Gasteiger partial charge in [-0.1, -0.05) is 66.7 Å². The second-order valence-corrected chi connectivity index (χ2v) is 6.44. The average Bonchev–Trinajstić information content (AvgIpc) is 3.32. The van der Waals surface area contributed by atoms with Gasteiger partial charge in [0.15, 0.2) is 5.78 Å². The summed E-state index contributed by atoms with van der Waals surface area (Å²) in [5.41, 5.74) is 1.80. The van der Waals surface area contributed by atoms with Crippen molar-refractivity contribution in [2.45, 2.75) is 92.4 Å². The van der Waals surface area contributed by atoms with Gasteiger partial charge in [0.2, 0.25) is 11.8 Å². The van der Waals surface area contributed by atoms with Crippen molar-refractivity contribution >= 4 is 17.6 Å². The Balaban J connectivity index is -0.00000111. The van der Waals surface area contributed by atoms with Crippen LogP contribution in [0.5, 0.6) is 0 Å². The summed E-state index contributed by atoms with van der Waals surface area (Å²) in [6.45, 7) is 9.91. The van der Waals surface area contributed by atoms with Crippen molar-refractivity contribution in [1.82, 2.24) is 10.4 Å². The number of nitrogens with one attached hydrogen (secondary N) is 1. The maximum Gasteiger partial charge on any atom is 0.243 e. The number of rotatable bonds is 11. The molecule has 0 radical (unpaired) electrons. The SMILES string of the molecule is CC.CC.CCCCC[C@@H](CC(=O)NN=O)C(=O)N(N)CC(=O)C1CCCC1.CO. The van der Waals surface area contributed by atoms with Gasteiger partial charge in [-0.25, -0.2) is 11.3 Å². The van der Waals surface area contributed by atoms with E-state index < -0.39 is 17.7 Å². The van der Waals surface area contributed by atoms with E-state index in [-0.39, 0.29) is 24.7 Å². The van der Waals surface area contributed by atoms with Crippen LogP contribution in [-0.2, 0) is 14.4 Å². The van der Waals surface area contributed by atoms with Crippen molar-refractivity contribution in [1.29, 1.82) is 0 Å². The second-order valence-electron chi connectivity index (χ2n) is 6.44. The summed E-state index contributed by atoms with van der Waals surface area (Å²) < 4.78 is 0. The molecule has 9 heteroatoms. The molecule has 0 unspecified atom stereocenters. The van der Waals surface area contributed by atoms with Gasteiger partial charge in [-0.05, 0) is 19.3 Å². The van der Waals surface area contributed by atoms with Gasteiger partial charge in [0.25, 0.3) is 0 Å². The van der Waals surface area contributed by atoms with Crippen molar-refractivity contribution in [3.63, 3.8) is 0 Å².